The van der Waals surface area contributed by atoms with Crippen LogP contribution in [0.25, 0.3) is 21.1 Å². The van der Waals surface area contributed by atoms with Crippen molar-refractivity contribution < 1.29 is 14.0 Å². The fourth-order valence-corrected chi connectivity index (χ4v) is 4.68. The molecule has 31 heavy (non-hydrogen) atoms. The number of carbonyl (C=O) groups is 2. The van der Waals surface area contributed by atoms with Gasteiger partial charge in [-0.15, -0.1) is 11.3 Å². The van der Waals surface area contributed by atoms with Gasteiger partial charge in [0, 0.05) is 26.8 Å². The second kappa shape index (κ2) is 7.91. The molecule has 5 nitrogen and oxygen atoms in total. The maximum absolute atomic E-state index is 12.7. The number of nitrogens with one attached hydrogen (secondary N) is 2. The Morgan fingerprint density at radius 3 is 2.16 bits per heavy atom. The van der Waals surface area contributed by atoms with Crippen LogP contribution in [0.1, 0.15) is 20.2 Å². The number of fused-ring (bicyclic) bond motifs is 2. The fourth-order valence-electron chi connectivity index (χ4n) is 3.27. The monoisotopic (exact) mass is 446 g/mol. The minimum absolute atomic E-state index is 0.234. The molecule has 0 spiro atoms. The lowest BCUT2D eigenvalue weighted by Gasteiger charge is -2.07. The molecule has 152 valence electrons. The van der Waals surface area contributed by atoms with E-state index < -0.39 is 0 Å². The predicted octanol–water partition coefficient (Wildman–Crippen LogP) is 6.81. The first-order chi connectivity index (χ1) is 15.1. The third-order valence-corrected chi connectivity index (χ3v) is 6.47. The lowest BCUT2D eigenvalue weighted by Crippen LogP contribution is -2.12. The topological polar surface area (TPSA) is 71.3 Å². The first-order valence-corrected chi connectivity index (χ1v) is 10.7. The van der Waals surface area contributed by atoms with Crippen LogP contribution in [-0.4, -0.2) is 11.8 Å². The van der Waals surface area contributed by atoms with Gasteiger partial charge in [0.1, 0.15) is 10.5 Å². The largest absolute Gasteiger partial charge is 0.451 e. The molecule has 0 saturated heterocycles. The van der Waals surface area contributed by atoms with Crippen molar-refractivity contribution in [3.63, 3.8) is 0 Å². The lowest BCUT2D eigenvalue weighted by molar-refractivity contribution is 0.0996. The molecule has 2 heterocycles. The second-order valence-electron chi connectivity index (χ2n) is 6.88. The van der Waals surface area contributed by atoms with Gasteiger partial charge < -0.3 is 15.1 Å². The van der Waals surface area contributed by atoms with E-state index in [1.165, 1.54) is 11.3 Å². The molecule has 5 aromatic rings. The zero-order valence-electron chi connectivity index (χ0n) is 16.0. The number of para-hydroxylation sites is 1. The van der Waals surface area contributed by atoms with Crippen LogP contribution in [0.3, 0.4) is 0 Å². The molecular weight excluding hydrogens is 432 g/mol. The first-order valence-electron chi connectivity index (χ1n) is 9.47. The van der Waals surface area contributed by atoms with E-state index in [1.54, 1.807) is 30.3 Å². The van der Waals surface area contributed by atoms with Crippen molar-refractivity contribution >= 4 is 67.2 Å². The average Bonchev–Trinajstić information content (AvgIpc) is 3.37. The number of anilines is 2. The molecule has 0 saturated carbocycles. The number of rotatable bonds is 4. The molecule has 0 aliphatic heterocycles. The SMILES string of the molecule is O=C(Nc1ccc(NC(=O)c2sc3ccccc3c2Cl)cc1)c1cc2ccccc2o1. The van der Waals surface area contributed by atoms with Gasteiger partial charge in [-0.3, -0.25) is 9.59 Å². The predicted molar refractivity (Wildman–Crippen MR) is 125 cm³/mol. The smallest absolute Gasteiger partial charge is 0.291 e. The van der Waals surface area contributed by atoms with Crippen LogP contribution in [0.2, 0.25) is 5.02 Å². The fraction of sp³-hybridized carbons (Fsp3) is 0. The van der Waals surface area contributed by atoms with Crippen molar-refractivity contribution in [3.05, 3.63) is 94.5 Å². The van der Waals surface area contributed by atoms with Gasteiger partial charge in [0.05, 0.1) is 5.02 Å². The molecule has 0 radical (unpaired) electrons. The summed E-state index contributed by atoms with van der Waals surface area (Å²) in [7, 11) is 0. The van der Waals surface area contributed by atoms with Crippen LogP contribution in [-0.2, 0) is 0 Å². The summed E-state index contributed by atoms with van der Waals surface area (Å²) in [6, 6.07) is 23.6. The summed E-state index contributed by atoms with van der Waals surface area (Å²) in [5, 5.41) is 7.82. The van der Waals surface area contributed by atoms with Crippen molar-refractivity contribution in [2.24, 2.45) is 0 Å². The molecule has 0 unspecified atom stereocenters. The van der Waals surface area contributed by atoms with Crippen LogP contribution in [0.5, 0.6) is 0 Å². The van der Waals surface area contributed by atoms with Gasteiger partial charge in [-0.05, 0) is 42.5 Å². The number of benzene rings is 3. The molecule has 2 N–H and O–H groups in total. The van der Waals surface area contributed by atoms with Crippen LogP contribution < -0.4 is 10.6 Å². The van der Waals surface area contributed by atoms with Gasteiger partial charge in [-0.1, -0.05) is 48.0 Å². The van der Waals surface area contributed by atoms with Gasteiger partial charge in [0.15, 0.2) is 5.76 Å². The number of amides is 2. The maximum Gasteiger partial charge on any atom is 0.291 e. The number of thiophene rings is 1. The molecule has 0 bridgehead atoms. The molecule has 5 rings (SSSR count). The number of hydrogen-bond donors (Lipinski definition) is 2. The van der Waals surface area contributed by atoms with Gasteiger partial charge >= 0.3 is 0 Å². The summed E-state index contributed by atoms with van der Waals surface area (Å²) in [6.07, 6.45) is 0. The van der Waals surface area contributed by atoms with E-state index in [-0.39, 0.29) is 17.6 Å². The maximum atomic E-state index is 12.7. The Bertz CT molecular complexity index is 1400. The van der Waals surface area contributed by atoms with Gasteiger partial charge in [-0.2, -0.15) is 0 Å². The number of furan rings is 1. The Morgan fingerprint density at radius 2 is 1.45 bits per heavy atom. The second-order valence-corrected chi connectivity index (χ2v) is 8.31. The van der Waals surface area contributed by atoms with Crippen molar-refractivity contribution in [1.82, 2.24) is 0 Å². The average molecular weight is 447 g/mol. The lowest BCUT2D eigenvalue weighted by atomic mass is 10.2. The Balaban J connectivity index is 1.28. The molecule has 2 amide bonds. The molecule has 0 atom stereocenters. The molecular formula is C24H15ClN2O3S. The summed E-state index contributed by atoms with van der Waals surface area (Å²) >= 11 is 7.73. The Morgan fingerprint density at radius 1 is 0.806 bits per heavy atom. The standard InChI is InChI=1S/C24H15ClN2O3S/c25-21-17-6-2-4-8-20(17)31-22(21)24(29)27-16-11-9-15(10-12-16)26-23(28)19-13-14-5-1-3-7-18(14)30-19/h1-13H,(H,26,28)(H,27,29). The van der Waals surface area contributed by atoms with E-state index in [2.05, 4.69) is 10.6 Å². The van der Waals surface area contributed by atoms with Gasteiger partial charge in [0.2, 0.25) is 0 Å². The highest BCUT2D eigenvalue weighted by molar-refractivity contribution is 7.21. The highest BCUT2D eigenvalue weighted by atomic mass is 35.5. The Hall–Kier alpha value is -3.61. The molecule has 0 fully saturated rings. The summed E-state index contributed by atoms with van der Waals surface area (Å²) in [6.45, 7) is 0. The van der Waals surface area contributed by atoms with Crippen LogP contribution in [0.4, 0.5) is 11.4 Å². The van der Waals surface area contributed by atoms with Crippen molar-refractivity contribution in [2.75, 3.05) is 10.6 Å². The van der Waals surface area contributed by atoms with Crippen LogP contribution >= 0.6 is 22.9 Å². The quantitative estimate of drug-likeness (QED) is 0.318. The van der Waals surface area contributed by atoms with Crippen LogP contribution in [0, 0.1) is 0 Å². The van der Waals surface area contributed by atoms with E-state index in [4.69, 9.17) is 16.0 Å². The number of hydrogen-bond acceptors (Lipinski definition) is 4. The summed E-state index contributed by atoms with van der Waals surface area (Å²) in [4.78, 5) is 25.6. The zero-order chi connectivity index (χ0) is 21.4. The third kappa shape index (κ3) is 3.79. The van der Waals surface area contributed by atoms with E-state index in [0.29, 0.717) is 26.9 Å². The van der Waals surface area contributed by atoms with Crippen molar-refractivity contribution in [2.45, 2.75) is 0 Å². The number of halogens is 1. The molecule has 7 heteroatoms. The summed E-state index contributed by atoms with van der Waals surface area (Å²) in [5.74, 6) is -0.381. The van der Waals surface area contributed by atoms with Crippen LogP contribution in [0.15, 0.2) is 83.3 Å². The van der Waals surface area contributed by atoms with E-state index >= 15 is 0 Å². The van der Waals surface area contributed by atoms with E-state index in [9.17, 15) is 9.59 Å². The number of carbonyl (C=O) groups excluding carboxylic acids is 2. The van der Waals surface area contributed by atoms with E-state index in [0.717, 1.165) is 15.5 Å². The van der Waals surface area contributed by atoms with Crippen molar-refractivity contribution in [1.29, 1.82) is 0 Å². The van der Waals surface area contributed by atoms with Crippen molar-refractivity contribution in [3.8, 4) is 0 Å². The molecule has 0 aliphatic carbocycles. The minimum Gasteiger partial charge on any atom is -0.451 e. The van der Waals surface area contributed by atoms with Gasteiger partial charge in [0.25, 0.3) is 11.8 Å². The highest BCUT2D eigenvalue weighted by Gasteiger charge is 2.17. The highest BCUT2D eigenvalue weighted by Crippen LogP contribution is 2.35. The van der Waals surface area contributed by atoms with Gasteiger partial charge in [-0.25, -0.2) is 0 Å². The minimum atomic E-state index is -0.343. The normalized spacial score (nSPS) is 11.0. The Labute approximate surface area is 186 Å². The third-order valence-electron chi connectivity index (χ3n) is 4.79. The summed E-state index contributed by atoms with van der Waals surface area (Å²) < 4.78 is 6.54. The molecule has 2 aromatic heterocycles. The van der Waals surface area contributed by atoms with E-state index in [1.807, 2.05) is 48.5 Å². The molecule has 0 aliphatic rings. The zero-order valence-corrected chi connectivity index (χ0v) is 17.6. The molecule has 3 aromatic carbocycles. The first kappa shape index (κ1) is 19.4. The Kier molecular flexibility index (Phi) is 4.94. The summed E-state index contributed by atoms with van der Waals surface area (Å²) in [5.41, 5.74) is 1.84.